The van der Waals surface area contributed by atoms with Gasteiger partial charge in [0.15, 0.2) is 17.1 Å². The van der Waals surface area contributed by atoms with Crippen molar-refractivity contribution in [1.82, 2.24) is 4.57 Å². The first-order chi connectivity index (χ1) is 13.9. The number of carbonyl (C=O) groups excluding carboxylic acids is 1. The molecule has 0 saturated heterocycles. The fourth-order valence-corrected chi connectivity index (χ4v) is 3.10. The number of aryl methyl sites for hydroxylation is 1. The van der Waals surface area contributed by atoms with Gasteiger partial charge in [-0.3, -0.25) is 9.36 Å². The zero-order valence-corrected chi connectivity index (χ0v) is 17.3. The van der Waals surface area contributed by atoms with Crippen molar-refractivity contribution in [3.8, 4) is 11.5 Å². The summed E-state index contributed by atoms with van der Waals surface area (Å²) in [6.45, 7) is 4.85. The van der Waals surface area contributed by atoms with E-state index in [4.69, 9.17) is 25.5 Å². The highest BCUT2D eigenvalue weighted by Crippen LogP contribution is 2.37. The monoisotopic (exact) mass is 418 g/mol. The summed E-state index contributed by atoms with van der Waals surface area (Å²) in [5, 5.41) is 3.09. The first-order valence-corrected chi connectivity index (χ1v) is 9.82. The predicted octanol–water partition coefficient (Wildman–Crippen LogP) is 4.61. The van der Waals surface area contributed by atoms with Crippen LogP contribution in [0.5, 0.6) is 11.5 Å². The number of anilines is 1. The van der Waals surface area contributed by atoms with E-state index < -0.39 is 5.76 Å². The molecule has 1 aromatic heterocycles. The van der Waals surface area contributed by atoms with Crippen LogP contribution in [0, 0.1) is 0 Å². The molecule has 0 aliphatic carbocycles. The van der Waals surface area contributed by atoms with Gasteiger partial charge in [-0.05, 0) is 37.6 Å². The second kappa shape index (κ2) is 9.05. The fraction of sp³-hybridized carbons (Fsp3) is 0.333. The van der Waals surface area contributed by atoms with Crippen molar-refractivity contribution < 1.29 is 18.7 Å². The summed E-state index contributed by atoms with van der Waals surface area (Å²) in [7, 11) is 1.62. The van der Waals surface area contributed by atoms with Crippen LogP contribution in [0.2, 0.25) is 5.02 Å². The number of hydrogen-bond acceptors (Lipinski definition) is 5. The lowest BCUT2D eigenvalue weighted by atomic mass is 10.1. The highest BCUT2D eigenvalue weighted by atomic mass is 35.5. The Labute approximate surface area is 173 Å². The van der Waals surface area contributed by atoms with E-state index in [1.165, 1.54) is 4.57 Å². The van der Waals surface area contributed by atoms with Gasteiger partial charge in [0.2, 0.25) is 0 Å². The molecule has 0 bridgehead atoms. The molecule has 2 aromatic carbocycles. The minimum Gasteiger partial charge on any atom is -0.490 e. The number of ether oxygens (including phenoxy) is 2. The molecule has 0 atom stereocenters. The van der Waals surface area contributed by atoms with Crippen LogP contribution in [-0.2, 0) is 7.05 Å². The Bertz CT molecular complexity index is 1090. The standard InChI is InChI=1S/C21H23ClN2O5/c1-4-6-9-28-19-15(22)10-13(11-18(19)27-5-2)20(25)23-14-7-8-16-17(12-14)29-21(26)24(16)3/h7-8,10-12H,4-6,9H2,1-3H3,(H,23,25). The predicted molar refractivity (Wildman–Crippen MR) is 112 cm³/mol. The molecule has 29 heavy (non-hydrogen) atoms. The van der Waals surface area contributed by atoms with Crippen LogP contribution in [0.4, 0.5) is 5.69 Å². The number of aromatic nitrogens is 1. The first-order valence-electron chi connectivity index (χ1n) is 9.44. The number of rotatable bonds is 8. The Morgan fingerprint density at radius 3 is 2.72 bits per heavy atom. The molecule has 1 heterocycles. The van der Waals surface area contributed by atoms with Crippen LogP contribution in [0.3, 0.4) is 0 Å². The van der Waals surface area contributed by atoms with Gasteiger partial charge in [0.1, 0.15) is 0 Å². The van der Waals surface area contributed by atoms with Crippen molar-refractivity contribution >= 4 is 34.3 Å². The van der Waals surface area contributed by atoms with E-state index in [1.807, 2.05) is 6.92 Å². The van der Waals surface area contributed by atoms with Crippen LogP contribution in [-0.4, -0.2) is 23.7 Å². The maximum atomic E-state index is 12.7. The number of amides is 1. The largest absolute Gasteiger partial charge is 0.490 e. The lowest BCUT2D eigenvalue weighted by Crippen LogP contribution is -2.13. The van der Waals surface area contributed by atoms with Crippen molar-refractivity contribution in [1.29, 1.82) is 0 Å². The Hall–Kier alpha value is -2.93. The number of unbranched alkanes of at least 4 members (excludes halogenated alkanes) is 1. The summed E-state index contributed by atoms with van der Waals surface area (Å²) in [5.41, 5.74) is 1.86. The van der Waals surface area contributed by atoms with Gasteiger partial charge in [-0.2, -0.15) is 0 Å². The van der Waals surface area contributed by atoms with Gasteiger partial charge in [-0.15, -0.1) is 0 Å². The topological polar surface area (TPSA) is 82.7 Å². The maximum Gasteiger partial charge on any atom is 0.419 e. The van der Waals surface area contributed by atoms with Gasteiger partial charge in [0.05, 0.1) is 23.8 Å². The zero-order chi connectivity index (χ0) is 21.0. The lowest BCUT2D eigenvalue weighted by Gasteiger charge is -2.15. The number of benzene rings is 2. The Morgan fingerprint density at radius 1 is 1.21 bits per heavy atom. The van der Waals surface area contributed by atoms with Gasteiger partial charge in [0, 0.05) is 24.4 Å². The van der Waals surface area contributed by atoms with Gasteiger partial charge < -0.3 is 19.2 Å². The molecule has 8 heteroatoms. The molecular formula is C21H23ClN2O5. The van der Waals surface area contributed by atoms with Crippen molar-refractivity contribution in [2.24, 2.45) is 7.05 Å². The molecule has 1 amide bonds. The van der Waals surface area contributed by atoms with E-state index >= 15 is 0 Å². The number of nitrogens with zero attached hydrogens (tertiary/aromatic N) is 1. The summed E-state index contributed by atoms with van der Waals surface area (Å²) in [6.07, 6.45) is 1.89. The number of fused-ring (bicyclic) bond motifs is 1. The molecule has 0 saturated carbocycles. The first kappa shape index (κ1) is 20.8. The highest BCUT2D eigenvalue weighted by molar-refractivity contribution is 6.32. The van der Waals surface area contributed by atoms with Crippen LogP contribution in [0.1, 0.15) is 37.0 Å². The van der Waals surface area contributed by atoms with Gasteiger partial charge in [-0.1, -0.05) is 24.9 Å². The number of hydrogen-bond donors (Lipinski definition) is 1. The van der Waals surface area contributed by atoms with E-state index in [9.17, 15) is 9.59 Å². The molecule has 1 N–H and O–H groups in total. The summed E-state index contributed by atoms with van der Waals surface area (Å²) in [5.74, 6) is 0.0256. The van der Waals surface area contributed by atoms with Crippen molar-refractivity contribution in [2.75, 3.05) is 18.5 Å². The molecule has 7 nitrogen and oxygen atoms in total. The Kier molecular flexibility index (Phi) is 6.49. The van der Waals surface area contributed by atoms with Gasteiger partial charge in [-0.25, -0.2) is 4.79 Å². The van der Waals surface area contributed by atoms with E-state index in [-0.39, 0.29) is 5.91 Å². The van der Waals surface area contributed by atoms with Crippen LogP contribution < -0.4 is 20.5 Å². The summed E-state index contributed by atoms with van der Waals surface area (Å²) in [6, 6.07) is 8.15. The van der Waals surface area contributed by atoms with E-state index in [0.717, 1.165) is 12.8 Å². The quantitative estimate of drug-likeness (QED) is 0.540. The Morgan fingerprint density at radius 2 is 2.00 bits per heavy atom. The van der Waals surface area contributed by atoms with Crippen molar-refractivity contribution in [2.45, 2.75) is 26.7 Å². The smallest absolute Gasteiger partial charge is 0.419 e. The van der Waals surface area contributed by atoms with Gasteiger partial charge in [0.25, 0.3) is 5.91 Å². The maximum absolute atomic E-state index is 12.7. The number of oxazole rings is 1. The molecule has 0 spiro atoms. The zero-order valence-electron chi connectivity index (χ0n) is 16.6. The molecule has 0 aliphatic heterocycles. The van der Waals surface area contributed by atoms with Crippen LogP contribution >= 0.6 is 11.6 Å². The number of nitrogens with one attached hydrogen (secondary N) is 1. The van der Waals surface area contributed by atoms with Crippen molar-refractivity contribution in [3.63, 3.8) is 0 Å². The van der Waals surface area contributed by atoms with Crippen molar-refractivity contribution in [3.05, 3.63) is 51.5 Å². The van der Waals surface area contributed by atoms with Crippen LogP contribution in [0.15, 0.2) is 39.5 Å². The second-order valence-corrected chi connectivity index (χ2v) is 6.89. The molecule has 0 aliphatic rings. The summed E-state index contributed by atoms with van der Waals surface area (Å²) >= 11 is 6.36. The normalized spacial score (nSPS) is 10.9. The summed E-state index contributed by atoms with van der Waals surface area (Å²) in [4.78, 5) is 24.4. The average molecular weight is 419 g/mol. The average Bonchev–Trinajstić information content (AvgIpc) is 2.97. The second-order valence-electron chi connectivity index (χ2n) is 6.48. The third-order valence-corrected chi connectivity index (χ3v) is 4.65. The molecule has 0 fully saturated rings. The summed E-state index contributed by atoms with van der Waals surface area (Å²) < 4.78 is 17.9. The fourth-order valence-electron chi connectivity index (χ4n) is 2.84. The van der Waals surface area contributed by atoms with Gasteiger partial charge >= 0.3 is 5.76 Å². The number of carbonyl (C=O) groups is 1. The lowest BCUT2D eigenvalue weighted by molar-refractivity contribution is 0.102. The molecule has 3 aromatic rings. The SMILES string of the molecule is CCCCOc1c(Cl)cc(C(=O)Nc2ccc3c(c2)oc(=O)n3C)cc1OCC. The molecule has 0 unspecified atom stereocenters. The molecule has 0 radical (unpaired) electrons. The van der Waals surface area contributed by atoms with E-state index in [2.05, 4.69) is 12.2 Å². The van der Waals surface area contributed by atoms with E-state index in [1.54, 1.807) is 37.4 Å². The molecular weight excluding hydrogens is 396 g/mol. The molecule has 3 rings (SSSR count). The third kappa shape index (κ3) is 4.56. The minimum atomic E-state index is -0.463. The van der Waals surface area contributed by atoms with Crippen LogP contribution in [0.25, 0.3) is 11.1 Å². The highest BCUT2D eigenvalue weighted by Gasteiger charge is 2.17. The third-order valence-electron chi connectivity index (χ3n) is 4.37. The minimum absolute atomic E-state index is 0.307. The van der Waals surface area contributed by atoms with E-state index in [0.29, 0.717) is 52.1 Å². The Balaban J connectivity index is 1.85. The number of halogens is 1. The molecule has 154 valence electrons.